The lowest BCUT2D eigenvalue weighted by atomic mass is 10.1. The molecule has 0 aliphatic heterocycles. The summed E-state index contributed by atoms with van der Waals surface area (Å²) in [6.07, 6.45) is -3.28. The minimum absolute atomic E-state index is 0.0408. The lowest BCUT2D eigenvalue weighted by molar-refractivity contribution is -0.137. The van der Waals surface area contributed by atoms with Gasteiger partial charge in [0, 0.05) is 22.0 Å². The van der Waals surface area contributed by atoms with Gasteiger partial charge in [0.25, 0.3) is 15.9 Å². The quantitative estimate of drug-likeness (QED) is 0.181. The van der Waals surface area contributed by atoms with E-state index in [0.29, 0.717) is 17.0 Å². The average Bonchev–Trinajstić information content (AvgIpc) is 3.23. The number of aryl methyl sites for hydroxylation is 1. The monoisotopic (exact) mass is 618 g/mol. The number of methoxy groups -OCH3 is 1. The number of alkyl halides is 3. The lowest BCUT2D eigenvalue weighted by Gasteiger charge is -2.25. The Kier molecular flexibility index (Phi) is 8.97. The van der Waals surface area contributed by atoms with Gasteiger partial charge < -0.3 is 9.30 Å². The molecule has 0 spiro atoms. The van der Waals surface area contributed by atoms with Crippen molar-refractivity contribution in [3.05, 3.63) is 106 Å². The van der Waals surface area contributed by atoms with Crippen LogP contribution >= 0.6 is 11.6 Å². The SMILES string of the molecule is COc1ccc(Cl)cc1N(CC(=O)N/N=C\c1cc(C)n(-c2ccccc2C(F)(F)F)c1C)S(=O)(=O)c1ccccc1. The number of halogens is 4. The molecule has 0 aliphatic carbocycles. The second kappa shape index (κ2) is 12.3. The number of hydrogen-bond acceptors (Lipinski definition) is 5. The van der Waals surface area contributed by atoms with Gasteiger partial charge in [-0.15, -0.1) is 0 Å². The van der Waals surface area contributed by atoms with Crippen LogP contribution in [0.15, 0.2) is 88.9 Å². The molecule has 0 atom stereocenters. The minimum Gasteiger partial charge on any atom is -0.495 e. The molecule has 0 saturated carbocycles. The second-order valence-electron chi connectivity index (χ2n) is 9.11. The van der Waals surface area contributed by atoms with E-state index < -0.39 is 34.2 Å². The maximum Gasteiger partial charge on any atom is 0.418 e. The minimum atomic E-state index is -4.56. The van der Waals surface area contributed by atoms with Gasteiger partial charge in [0.05, 0.1) is 35.2 Å². The van der Waals surface area contributed by atoms with Gasteiger partial charge in [0.15, 0.2) is 0 Å². The maximum atomic E-state index is 13.6. The van der Waals surface area contributed by atoms with Gasteiger partial charge in [0.1, 0.15) is 12.3 Å². The first-order chi connectivity index (χ1) is 19.8. The van der Waals surface area contributed by atoms with Crippen LogP contribution in [0.25, 0.3) is 5.69 Å². The number of carbonyl (C=O) groups excluding carboxylic acids is 1. The van der Waals surface area contributed by atoms with Crippen molar-refractivity contribution in [2.45, 2.75) is 24.9 Å². The van der Waals surface area contributed by atoms with E-state index in [4.69, 9.17) is 16.3 Å². The van der Waals surface area contributed by atoms with Crippen molar-refractivity contribution in [1.82, 2.24) is 9.99 Å². The van der Waals surface area contributed by atoms with Crippen LogP contribution in [0.4, 0.5) is 18.9 Å². The molecule has 8 nitrogen and oxygen atoms in total. The number of rotatable bonds is 9. The molecule has 1 aromatic heterocycles. The van der Waals surface area contributed by atoms with Crippen LogP contribution in [0, 0.1) is 13.8 Å². The number of hydrogen-bond donors (Lipinski definition) is 1. The van der Waals surface area contributed by atoms with Crippen molar-refractivity contribution >= 4 is 39.4 Å². The zero-order chi connectivity index (χ0) is 30.7. The van der Waals surface area contributed by atoms with E-state index in [1.54, 1.807) is 38.1 Å². The average molecular weight is 619 g/mol. The summed E-state index contributed by atoms with van der Waals surface area (Å²) in [5.74, 6) is -0.620. The molecule has 3 aromatic carbocycles. The molecule has 220 valence electrons. The number of nitrogens with zero attached hydrogens (tertiary/aromatic N) is 3. The summed E-state index contributed by atoms with van der Waals surface area (Å²) in [5, 5.41) is 4.17. The fraction of sp³-hybridized carbons (Fsp3) is 0.172. The Morgan fingerprint density at radius 1 is 1.05 bits per heavy atom. The number of nitrogens with one attached hydrogen (secondary N) is 1. The Bertz CT molecular complexity index is 1740. The Hall–Kier alpha value is -4.29. The van der Waals surface area contributed by atoms with E-state index in [9.17, 15) is 26.4 Å². The third-order valence-electron chi connectivity index (χ3n) is 6.34. The molecule has 1 amide bonds. The summed E-state index contributed by atoms with van der Waals surface area (Å²) in [6.45, 7) is 2.60. The molecule has 13 heteroatoms. The van der Waals surface area contributed by atoms with Crippen molar-refractivity contribution < 1.29 is 31.1 Å². The molecule has 4 aromatic rings. The molecule has 0 saturated heterocycles. The van der Waals surface area contributed by atoms with Gasteiger partial charge in [-0.1, -0.05) is 41.9 Å². The number of aromatic nitrogens is 1. The summed E-state index contributed by atoms with van der Waals surface area (Å²) in [4.78, 5) is 12.9. The van der Waals surface area contributed by atoms with Crippen LogP contribution in [-0.2, 0) is 21.0 Å². The van der Waals surface area contributed by atoms with Gasteiger partial charge in [-0.25, -0.2) is 13.8 Å². The topological polar surface area (TPSA) is 93.0 Å². The maximum absolute atomic E-state index is 13.6. The molecule has 0 aliphatic rings. The number of carbonyl (C=O) groups is 1. The highest BCUT2D eigenvalue weighted by molar-refractivity contribution is 7.92. The number of para-hydroxylation sites is 1. The summed E-state index contributed by atoms with van der Waals surface area (Å²) in [6, 6.07) is 18.7. The van der Waals surface area contributed by atoms with Gasteiger partial charge in [-0.2, -0.15) is 18.3 Å². The Balaban J connectivity index is 1.62. The molecule has 4 rings (SSSR count). The van der Waals surface area contributed by atoms with E-state index in [2.05, 4.69) is 10.5 Å². The highest BCUT2D eigenvalue weighted by Gasteiger charge is 2.34. The number of anilines is 1. The second-order valence-corrected chi connectivity index (χ2v) is 11.4. The van der Waals surface area contributed by atoms with Gasteiger partial charge in [-0.3, -0.25) is 9.10 Å². The predicted molar refractivity (Wildman–Crippen MR) is 155 cm³/mol. The summed E-state index contributed by atoms with van der Waals surface area (Å²) < 4.78 is 75.7. The van der Waals surface area contributed by atoms with E-state index >= 15 is 0 Å². The fourth-order valence-electron chi connectivity index (χ4n) is 4.41. The Morgan fingerprint density at radius 2 is 1.71 bits per heavy atom. The van der Waals surface area contributed by atoms with Crippen molar-refractivity contribution in [2.75, 3.05) is 18.0 Å². The van der Waals surface area contributed by atoms with Gasteiger partial charge in [0.2, 0.25) is 0 Å². The molecule has 0 unspecified atom stereocenters. The van der Waals surface area contributed by atoms with Gasteiger partial charge >= 0.3 is 6.18 Å². The molecule has 42 heavy (non-hydrogen) atoms. The van der Waals surface area contributed by atoms with Crippen LogP contribution in [0.5, 0.6) is 5.75 Å². The molecule has 0 bridgehead atoms. The number of ether oxygens (including phenoxy) is 1. The molecule has 0 radical (unpaired) electrons. The Morgan fingerprint density at radius 3 is 2.38 bits per heavy atom. The van der Waals surface area contributed by atoms with Crippen LogP contribution in [0.1, 0.15) is 22.5 Å². The van der Waals surface area contributed by atoms with E-state index in [1.165, 1.54) is 66.4 Å². The highest BCUT2D eigenvalue weighted by Crippen LogP contribution is 2.36. The van der Waals surface area contributed by atoms with Crippen molar-refractivity contribution in [3.63, 3.8) is 0 Å². The number of benzene rings is 3. The standard InChI is InChI=1S/C29H26ClF3N4O4S/c1-19-15-21(20(2)37(19)25-12-8-7-11-24(25)29(31,32)33)17-34-35-28(38)18-36(26-16-22(30)13-14-27(26)41-3)42(39,40)23-9-5-4-6-10-23/h4-17H,18H2,1-3H3,(H,35,38)/b34-17-. The van der Waals surface area contributed by atoms with E-state index in [0.717, 1.165) is 10.4 Å². The summed E-state index contributed by atoms with van der Waals surface area (Å²) in [5.41, 5.74) is 2.94. The van der Waals surface area contributed by atoms with Crippen LogP contribution < -0.4 is 14.5 Å². The van der Waals surface area contributed by atoms with Gasteiger partial charge in [-0.05, 0) is 62.4 Å². The Labute approximate surface area is 246 Å². The first-order valence-electron chi connectivity index (χ1n) is 12.4. The zero-order valence-electron chi connectivity index (χ0n) is 22.7. The fourth-order valence-corrected chi connectivity index (χ4v) is 6.03. The van der Waals surface area contributed by atoms with Crippen LogP contribution in [0.3, 0.4) is 0 Å². The predicted octanol–water partition coefficient (Wildman–Crippen LogP) is 6.12. The van der Waals surface area contributed by atoms with Crippen molar-refractivity contribution in [1.29, 1.82) is 0 Å². The summed E-state index contributed by atoms with van der Waals surface area (Å²) >= 11 is 6.14. The summed E-state index contributed by atoms with van der Waals surface area (Å²) in [7, 11) is -2.89. The third kappa shape index (κ3) is 6.44. The molecular formula is C29H26ClF3N4O4S. The third-order valence-corrected chi connectivity index (χ3v) is 8.35. The zero-order valence-corrected chi connectivity index (χ0v) is 24.3. The largest absolute Gasteiger partial charge is 0.495 e. The first-order valence-corrected chi connectivity index (χ1v) is 14.2. The van der Waals surface area contributed by atoms with Crippen molar-refractivity contribution in [2.24, 2.45) is 5.10 Å². The van der Waals surface area contributed by atoms with Crippen LogP contribution in [-0.4, -0.2) is 38.8 Å². The van der Waals surface area contributed by atoms with E-state index in [1.807, 2.05) is 0 Å². The van der Waals surface area contributed by atoms with E-state index in [-0.39, 0.29) is 27.0 Å². The number of hydrazone groups is 1. The molecule has 1 heterocycles. The molecule has 0 fully saturated rings. The smallest absolute Gasteiger partial charge is 0.418 e. The van der Waals surface area contributed by atoms with Crippen molar-refractivity contribution in [3.8, 4) is 11.4 Å². The molecular weight excluding hydrogens is 593 g/mol. The number of amides is 1. The van der Waals surface area contributed by atoms with Crippen LogP contribution in [0.2, 0.25) is 5.02 Å². The lowest BCUT2D eigenvalue weighted by Crippen LogP contribution is -2.39. The first kappa shape index (κ1) is 30.7. The highest BCUT2D eigenvalue weighted by atomic mass is 35.5. The number of sulfonamides is 1. The molecule has 1 N–H and O–H groups in total. The normalized spacial score (nSPS) is 12.0.